The lowest BCUT2D eigenvalue weighted by Gasteiger charge is -2.32. The first-order valence-electron chi connectivity index (χ1n) is 6.18. The van der Waals surface area contributed by atoms with Gasteiger partial charge in [0.25, 0.3) is 0 Å². The van der Waals surface area contributed by atoms with Gasteiger partial charge in [0.05, 0.1) is 0 Å². The molecule has 0 aromatic carbocycles. The Labute approximate surface area is 102 Å². The summed E-state index contributed by atoms with van der Waals surface area (Å²) in [4.78, 5) is 13.6. The predicted octanol–water partition coefficient (Wildman–Crippen LogP) is 1.95. The molecule has 0 aromatic rings. The fourth-order valence-electron chi connectivity index (χ4n) is 1.92. The second-order valence-corrected chi connectivity index (χ2v) is 5.53. The molecule has 0 saturated carbocycles. The highest BCUT2D eigenvalue weighted by atomic mass is 19.1. The summed E-state index contributed by atoms with van der Waals surface area (Å²) in [5.41, 5.74) is -0.287. The number of nitrogens with one attached hydrogen (secondary N) is 1. The number of rotatable bonds is 3. The fraction of sp³-hybridized carbons (Fsp3) is 0.917. The van der Waals surface area contributed by atoms with Crippen molar-refractivity contribution in [3.05, 3.63) is 0 Å². The molecule has 1 aliphatic rings. The van der Waals surface area contributed by atoms with Crippen molar-refractivity contribution in [1.29, 1.82) is 0 Å². The van der Waals surface area contributed by atoms with Crippen molar-refractivity contribution in [1.82, 2.24) is 10.2 Å². The first-order chi connectivity index (χ1) is 7.90. The van der Waals surface area contributed by atoms with Crippen LogP contribution < -0.4 is 5.32 Å². The van der Waals surface area contributed by atoms with Crippen LogP contribution in [0.2, 0.25) is 0 Å². The summed E-state index contributed by atoms with van der Waals surface area (Å²) < 4.78 is 17.6. The minimum atomic E-state index is -0.385. The van der Waals surface area contributed by atoms with Gasteiger partial charge in [-0.1, -0.05) is 0 Å². The van der Waals surface area contributed by atoms with Gasteiger partial charge in [0.15, 0.2) is 0 Å². The van der Waals surface area contributed by atoms with E-state index in [0.29, 0.717) is 13.1 Å². The summed E-state index contributed by atoms with van der Waals surface area (Å²) in [6.07, 6.45) is 1.32. The van der Waals surface area contributed by atoms with Crippen LogP contribution in [0.1, 0.15) is 33.6 Å². The van der Waals surface area contributed by atoms with E-state index in [2.05, 4.69) is 5.32 Å². The number of nitrogens with zero attached hydrogens (tertiary/aromatic N) is 1. The van der Waals surface area contributed by atoms with Gasteiger partial charge in [-0.15, -0.1) is 0 Å². The number of alkyl carbamates (subject to hydrolysis) is 1. The average Bonchev–Trinajstić information content (AvgIpc) is 2.15. The maximum absolute atomic E-state index is 12.2. The Hall–Kier alpha value is -0.840. The second-order valence-electron chi connectivity index (χ2n) is 5.53. The quantitative estimate of drug-likeness (QED) is 0.827. The Balaban J connectivity index is 2.33. The standard InChI is InChI=1S/C12H23FN2O2/c1-12(2,3)14-11(16)17-10-5-4-7-15(9-10)8-6-13/h10H,4-9H2,1-3H3,(H,14,16)/t10-/m1/s1. The van der Waals surface area contributed by atoms with Crippen molar-refractivity contribution in [2.24, 2.45) is 0 Å². The Bertz CT molecular complexity index is 251. The van der Waals surface area contributed by atoms with E-state index in [1.165, 1.54) is 0 Å². The molecule has 100 valence electrons. The highest BCUT2D eigenvalue weighted by molar-refractivity contribution is 5.68. The molecule has 1 rings (SSSR count). The number of halogens is 1. The number of piperidine rings is 1. The fourth-order valence-corrected chi connectivity index (χ4v) is 1.92. The van der Waals surface area contributed by atoms with Crippen LogP contribution in [0.4, 0.5) is 9.18 Å². The molecule has 1 N–H and O–H groups in total. The molecule has 0 bridgehead atoms. The topological polar surface area (TPSA) is 41.6 Å². The highest BCUT2D eigenvalue weighted by Crippen LogP contribution is 2.13. The third-order valence-corrected chi connectivity index (χ3v) is 2.61. The summed E-state index contributed by atoms with van der Waals surface area (Å²) in [5.74, 6) is 0. The van der Waals surface area contributed by atoms with Gasteiger partial charge in [-0.2, -0.15) is 0 Å². The molecule has 1 atom stereocenters. The maximum Gasteiger partial charge on any atom is 0.407 e. The van der Waals surface area contributed by atoms with Crippen molar-refractivity contribution in [3.63, 3.8) is 0 Å². The number of hydrogen-bond donors (Lipinski definition) is 1. The normalized spacial score (nSPS) is 22.2. The van der Waals surface area contributed by atoms with E-state index in [1.54, 1.807) is 0 Å². The zero-order valence-corrected chi connectivity index (χ0v) is 11.0. The lowest BCUT2D eigenvalue weighted by atomic mass is 10.1. The van der Waals surface area contributed by atoms with Crippen LogP contribution in [-0.4, -0.2) is 48.9 Å². The zero-order valence-electron chi connectivity index (χ0n) is 11.0. The number of carbonyl (C=O) groups is 1. The molecule has 0 spiro atoms. The molecule has 1 aliphatic heterocycles. The number of hydrogen-bond acceptors (Lipinski definition) is 3. The minimum Gasteiger partial charge on any atom is -0.445 e. The number of ether oxygens (including phenoxy) is 1. The van der Waals surface area contributed by atoms with E-state index in [9.17, 15) is 9.18 Å². The first kappa shape index (κ1) is 14.2. The van der Waals surface area contributed by atoms with E-state index in [1.807, 2.05) is 25.7 Å². The SMILES string of the molecule is CC(C)(C)NC(=O)O[C@@H]1CCCN(CCF)C1. The molecule has 0 aliphatic carbocycles. The Morgan fingerprint density at radius 3 is 2.82 bits per heavy atom. The second kappa shape index (κ2) is 6.19. The average molecular weight is 246 g/mol. The van der Waals surface area contributed by atoms with E-state index in [-0.39, 0.29) is 24.4 Å². The van der Waals surface area contributed by atoms with Gasteiger partial charge in [-0.05, 0) is 40.2 Å². The van der Waals surface area contributed by atoms with Crippen molar-refractivity contribution in [2.75, 3.05) is 26.3 Å². The number of carbonyl (C=O) groups excluding carboxylic acids is 1. The van der Waals surface area contributed by atoms with Crippen LogP contribution in [0.15, 0.2) is 0 Å². The lowest BCUT2D eigenvalue weighted by Crippen LogP contribution is -2.46. The summed E-state index contributed by atoms with van der Waals surface area (Å²) in [6.45, 7) is 7.34. The van der Waals surface area contributed by atoms with Crippen LogP contribution in [0.25, 0.3) is 0 Å². The summed E-state index contributed by atoms with van der Waals surface area (Å²) in [6, 6.07) is 0. The summed E-state index contributed by atoms with van der Waals surface area (Å²) in [5, 5.41) is 2.76. The number of likely N-dealkylation sites (tertiary alicyclic amines) is 1. The monoisotopic (exact) mass is 246 g/mol. The van der Waals surface area contributed by atoms with Gasteiger partial charge in [0.1, 0.15) is 12.8 Å². The van der Waals surface area contributed by atoms with Gasteiger partial charge in [0.2, 0.25) is 0 Å². The third-order valence-electron chi connectivity index (χ3n) is 2.61. The van der Waals surface area contributed by atoms with E-state index >= 15 is 0 Å². The van der Waals surface area contributed by atoms with Gasteiger partial charge in [0, 0.05) is 18.6 Å². The Morgan fingerprint density at radius 2 is 2.24 bits per heavy atom. The molecule has 1 amide bonds. The molecule has 1 heterocycles. The molecule has 4 nitrogen and oxygen atoms in total. The largest absolute Gasteiger partial charge is 0.445 e. The van der Waals surface area contributed by atoms with Crippen molar-refractivity contribution < 1.29 is 13.9 Å². The van der Waals surface area contributed by atoms with Crippen LogP contribution in [0.5, 0.6) is 0 Å². The lowest BCUT2D eigenvalue weighted by molar-refractivity contribution is 0.0374. The Kier molecular flexibility index (Phi) is 5.18. The maximum atomic E-state index is 12.2. The molecule has 0 aromatic heterocycles. The molecular formula is C12H23FN2O2. The third kappa shape index (κ3) is 5.86. The molecule has 1 fully saturated rings. The van der Waals surface area contributed by atoms with Gasteiger partial charge in [-0.25, -0.2) is 9.18 Å². The van der Waals surface area contributed by atoms with Gasteiger partial charge in [-0.3, -0.25) is 4.90 Å². The minimum absolute atomic E-state index is 0.113. The van der Waals surface area contributed by atoms with Crippen molar-refractivity contribution in [3.8, 4) is 0 Å². The predicted molar refractivity (Wildman–Crippen MR) is 64.8 cm³/mol. The molecule has 5 heteroatoms. The smallest absolute Gasteiger partial charge is 0.407 e. The zero-order chi connectivity index (χ0) is 12.9. The number of alkyl halides is 1. The van der Waals surface area contributed by atoms with Crippen molar-refractivity contribution >= 4 is 6.09 Å². The molecule has 0 unspecified atom stereocenters. The number of amides is 1. The molecular weight excluding hydrogens is 223 g/mol. The summed E-state index contributed by atoms with van der Waals surface area (Å²) >= 11 is 0. The Morgan fingerprint density at radius 1 is 1.53 bits per heavy atom. The van der Waals surface area contributed by atoms with Gasteiger partial charge < -0.3 is 10.1 Å². The first-order valence-corrected chi connectivity index (χ1v) is 6.18. The van der Waals surface area contributed by atoms with Crippen LogP contribution >= 0.6 is 0 Å². The molecule has 17 heavy (non-hydrogen) atoms. The van der Waals surface area contributed by atoms with Gasteiger partial charge >= 0.3 is 6.09 Å². The van der Waals surface area contributed by atoms with Crippen LogP contribution in [0, 0.1) is 0 Å². The molecule has 1 saturated heterocycles. The van der Waals surface area contributed by atoms with E-state index in [0.717, 1.165) is 19.4 Å². The molecule has 0 radical (unpaired) electrons. The van der Waals surface area contributed by atoms with Crippen LogP contribution in [0.3, 0.4) is 0 Å². The summed E-state index contributed by atoms with van der Waals surface area (Å²) in [7, 11) is 0. The van der Waals surface area contributed by atoms with E-state index < -0.39 is 0 Å². The van der Waals surface area contributed by atoms with Crippen LogP contribution in [-0.2, 0) is 4.74 Å². The van der Waals surface area contributed by atoms with Crippen molar-refractivity contribution in [2.45, 2.75) is 45.3 Å². The van der Waals surface area contributed by atoms with E-state index in [4.69, 9.17) is 4.74 Å². The highest BCUT2D eigenvalue weighted by Gasteiger charge is 2.24.